The molecule has 4 atom stereocenters. The lowest BCUT2D eigenvalue weighted by Gasteiger charge is -2.48. The fourth-order valence-corrected chi connectivity index (χ4v) is 7.27. The Morgan fingerprint density at radius 1 is 0.714 bits per heavy atom. The van der Waals surface area contributed by atoms with Crippen molar-refractivity contribution in [2.24, 2.45) is 0 Å². The SMILES string of the molecule is CCO[C@@]12OCO[C@]13Oc1cc4c(cc1[C@@H]3c1c(oc3cc5c(cc13)OCO5)[C@H]2c1cc2c(cc1O)OCO2)OCO4. The highest BCUT2D eigenvalue weighted by Gasteiger charge is 2.77. The summed E-state index contributed by atoms with van der Waals surface area (Å²) in [4.78, 5) is 0. The van der Waals surface area contributed by atoms with Gasteiger partial charge in [0.1, 0.15) is 28.8 Å². The van der Waals surface area contributed by atoms with E-state index in [9.17, 15) is 5.11 Å². The highest BCUT2D eigenvalue weighted by Crippen LogP contribution is 2.69. The second-order valence-corrected chi connectivity index (χ2v) is 10.7. The van der Waals surface area contributed by atoms with E-state index in [2.05, 4.69) is 0 Å². The average Bonchev–Trinajstić information content (AvgIpc) is 3.81. The third-order valence-electron chi connectivity index (χ3n) is 8.86. The molecule has 1 N–H and O–H groups in total. The molecule has 42 heavy (non-hydrogen) atoms. The van der Waals surface area contributed by atoms with Gasteiger partial charge in [0.2, 0.25) is 20.4 Å². The molecular weight excluding hydrogens is 552 g/mol. The summed E-state index contributed by atoms with van der Waals surface area (Å²) in [5.74, 6) is -0.328. The van der Waals surface area contributed by atoms with Crippen molar-refractivity contribution in [1.29, 1.82) is 0 Å². The molecule has 6 heterocycles. The molecule has 4 aromatic rings. The average molecular weight is 574 g/mol. The van der Waals surface area contributed by atoms with Crippen LogP contribution >= 0.6 is 0 Å². The van der Waals surface area contributed by atoms with E-state index in [0.29, 0.717) is 57.2 Å². The predicted molar refractivity (Wildman–Crippen MR) is 138 cm³/mol. The summed E-state index contributed by atoms with van der Waals surface area (Å²) >= 11 is 0. The van der Waals surface area contributed by atoms with Crippen molar-refractivity contribution < 1.29 is 56.9 Å². The van der Waals surface area contributed by atoms with Crippen LogP contribution in [0.2, 0.25) is 0 Å². The Morgan fingerprint density at radius 3 is 2.10 bits per heavy atom. The predicted octanol–water partition coefficient (Wildman–Crippen LogP) is 4.43. The van der Waals surface area contributed by atoms with E-state index in [4.69, 9.17) is 51.8 Å². The first-order chi connectivity index (χ1) is 20.6. The van der Waals surface area contributed by atoms with Gasteiger partial charge >= 0.3 is 0 Å². The normalized spacial score (nSPS) is 28.4. The number of fused-ring (bicyclic) bond motifs is 9. The van der Waals surface area contributed by atoms with Crippen molar-refractivity contribution in [2.45, 2.75) is 30.3 Å². The Bertz CT molecular complexity index is 1850. The van der Waals surface area contributed by atoms with Crippen LogP contribution in [0.15, 0.2) is 40.8 Å². The van der Waals surface area contributed by atoms with Gasteiger partial charge in [0.05, 0.1) is 5.92 Å². The van der Waals surface area contributed by atoms with E-state index in [1.165, 1.54) is 6.07 Å². The topological polar surface area (TPSA) is 126 Å². The smallest absolute Gasteiger partial charge is 0.279 e. The van der Waals surface area contributed by atoms with E-state index in [1.807, 2.05) is 19.1 Å². The number of phenols is 1. The molecule has 3 aromatic carbocycles. The Labute approximate surface area is 237 Å². The summed E-state index contributed by atoms with van der Waals surface area (Å²) in [5.41, 5.74) is 2.57. The molecule has 10 rings (SSSR count). The molecule has 1 aromatic heterocycles. The lowest BCUT2D eigenvalue weighted by Crippen LogP contribution is -2.64. The summed E-state index contributed by atoms with van der Waals surface area (Å²) in [6.45, 7) is 2.25. The van der Waals surface area contributed by atoms with Crippen molar-refractivity contribution in [2.75, 3.05) is 33.8 Å². The number of rotatable bonds is 3. The number of aromatic hydroxyl groups is 1. The molecule has 0 saturated carbocycles. The van der Waals surface area contributed by atoms with E-state index < -0.39 is 23.4 Å². The molecular formula is C30H22O12. The van der Waals surface area contributed by atoms with Crippen LogP contribution in [0, 0.1) is 0 Å². The Kier molecular flexibility index (Phi) is 4.21. The second-order valence-electron chi connectivity index (χ2n) is 10.7. The standard InChI is InChI=1S/C30H22O12/c1-2-38-29-27(13-3-19-22(6-16(13)31)35-9-32-19)28-25(14-4-20-23(36-10-33-20)7-17(14)41-28)26-15-5-21-24(37-11-34-21)8-18(15)42-30(26,29)40-12-39-29/h3-8,26-27,31H,2,9-12H2,1H3/t26-,27-,29+,30-/m1/s1. The van der Waals surface area contributed by atoms with Gasteiger partial charge in [-0.15, -0.1) is 0 Å². The van der Waals surface area contributed by atoms with Gasteiger partial charge in [0, 0.05) is 46.9 Å². The van der Waals surface area contributed by atoms with Crippen LogP contribution in [-0.4, -0.2) is 50.5 Å². The maximum absolute atomic E-state index is 11.4. The van der Waals surface area contributed by atoms with E-state index in [1.54, 1.807) is 18.2 Å². The number of hydrogen-bond acceptors (Lipinski definition) is 12. The molecule has 0 amide bonds. The van der Waals surface area contributed by atoms with Crippen molar-refractivity contribution in [3.8, 4) is 46.0 Å². The van der Waals surface area contributed by atoms with E-state index in [-0.39, 0.29) is 39.5 Å². The summed E-state index contributed by atoms with van der Waals surface area (Å²) < 4.78 is 67.1. The first-order valence-electron chi connectivity index (χ1n) is 13.6. The third-order valence-corrected chi connectivity index (χ3v) is 8.86. The first kappa shape index (κ1) is 23.1. The van der Waals surface area contributed by atoms with Gasteiger partial charge in [-0.05, 0) is 25.1 Å². The highest BCUT2D eigenvalue weighted by atomic mass is 16.9. The summed E-state index contributed by atoms with van der Waals surface area (Å²) in [5, 5.41) is 12.2. The Morgan fingerprint density at radius 2 is 1.36 bits per heavy atom. The molecule has 1 saturated heterocycles. The van der Waals surface area contributed by atoms with E-state index in [0.717, 1.165) is 16.5 Å². The molecule has 1 fully saturated rings. The van der Waals surface area contributed by atoms with Crippen molar-refractivity contribution in [1.82, 2.24) is 0 Å². The summed E-state index contributed by atoms with van der Waals surface area (Å²) in [7, 11) is 0. The Balaban J connectivity index is 1.32. The molecule has 6 aliphatic rings. The van der Waals surface area contributed by atoms with Gasteiger partial charge in [-0.3, -0.25) is 0 Å². The highest BCUT2D eigenvalue weighted by molar-refractivity contribution is 5.89. The number of furan rings is 1. The maximum Gasteiger partial charge on any atom is 0.279 e. The van der Waals surface area contributed by atoms with Crippen molar-refractivity contribution in [3.63, 3.8) is 0 Å². The number of phenolic OH excluding ortho intramolecular Hbond substituents is 1. The zero-order valence-electron chi connectivity index (χ0n) is 22.1. The molecule has 214 valence electrons. The minimum absolute atomic E-state index is 0.0415. The van der Waals surface area contributed by atoms with Crippen molar-refractivity contribution >= 4 is 11.0 Å². The van der Waals surface area contributed by atoms with Gasteiger partial charge < -0.3 is 56.9 Å². The second kappa shape index (κ2) is 7.65. The number of hydrogen-bond donors (Lipinski definition) is 1. The third kappa shape index (κ3) is 2.60. The van der Waals surface area contributed by atoms with Gasteiger partial charge in [-0.1, -0.05) is 0 Å². The van der Waals surface area contributed by atoms with Crippen LogP contribution in [-0.2, 0) is 14.2 Å². The molecule has 12 heteroatoms. The molecule has 0 unspecified atom stereocenters. The van der Waals surface area contributed by atoms with Crippen molar-refractivity contribution in [3.05, 3.63) is 58.8 Å². The lowest BCUT2D eigenvalue weighted by atomic mass is 9.67. The lowest BCUT2D eigenvalue weighted by molar-refractivity contribution is -0.311. The minimum atomic E-state index is -1.60. The molecule has 1 aliphatic carbocycles. The molecule has 1 spiro atoms. The minimum Gasteiger partial charge on any atom is -0.507 e. The van der Waals surface area contributed by atoms with Gasteiger partial charge in [0.25, 0.3) is 11.6 Å². The quantitative estimate of drug-likeness (QED) is 0.372. The van der Waals surface area contributed by atoms with Gasteiger partial charge in [-0.25, -0.2) is 0 Å². The summed E-state index contributed by atoms with van der Waals surface area (Å²) in [6.07, 6.45) is 0. The van der Waals surface area contributed by atoms with Crippen LogP contribution in [0.5, 0.6) is 46.0 Å². The van der Waals surface area contributed by atoms with Crippen LogP contribution < -0.4 is 33.2 Å². The molecule has 5 aliphatic heterocycles. The van der Waals surface area contributed by atoms with Crippen LogP contribution in [0.1, 0.15) is 41.2 Å². The zero-order chi connectivity index (χ0) is 27.8. The fourth-order valence-electron chi connectivity index (χ4n) is 7.27. The van der Waals surface area contributed by atoms with Crippen LogP contribution in [0.3, 0.4) is 0 Å². The largest absolute Gasteiger partial charge is 0.507 e. The number of benzene rings is 3. The van der Waals surface area contributed by atoms with Gasteiger partial charge in [-0.2, -0.15) is 0 Å². The summed E-state index contributed by atoms with van der Waals surface area (Å²) in [6, 6.07) is 10.7. The molecule has 0 radical (unpaired) electrons. The molecule has 0 bridgehead atoms. The zero-order valence-corrected chi connectivity index (χ0v) is 22.1. The van der Waals surface area contributed by atoms with Gasteiger partial charge in [0.15, 0.2) is 41.3 Å². The van der Waals surface area contributed by atoms with Crippen LogP contribution in [0.4, 0.5) is 0 Å². The molecule has 12 nitrogen and oxygen atoms in total. The van der Waals surface area contributed by atoms with E-state index >= 15 is 0 Å². The maximum atomic E-state index is 11.4. The fraction of sp³-hybridized carbons (Fsp3) is 0.333. The first-order valence-corrected chi connectivity index (χ1v) is 13.6. The monoisotopic (exact) mass is 574 g/mol. The Hall–Kier alpha value is -4.52. The van der Waals surface area contributed by atoms with Crippen LogP contribution in [0.25, 0.3) is 11.0 Å². The number of ether oxygens (including phenoxy) is 10.